The van der Waals surface area contributed by atoms with Crippen molar-refractivity contribution in [3.63, 3.8) is 0 Å². The predicted molar refractivity (Wildman–Crippen MR) is 84.0 cm³/mol. The average Bonchev–Trinajstić information content (AvgIpc) is 2.53. The highest BCUT2D eigenvalue weighted by Crippen LogP contribution is 2.32. The average molecular weight is 299 g/mol. The summed E-state index contributed by atoms with van der Waals surface area (Å²) >= 11 is 0. The first-order chi connectivity index (χ1) is 10.6. The fourth-order valence-corrected chi connectivity index (χ4v) is 2.16. The molecule has 0 bridgehead atoms. The van der Waals surface area contributed by atoms with Gasteiger partial charge in [0, 0.05) is 17.5 Å². The normalized spacial score (nSPS) is 10.5. The van der Waals surface area contributed by atoms with Crippen molar-refractivity contribution in [2.24, 2.45) is 0 Å². The lowest BCUT2D eigenvalue weighted by atomic mass is 9.96. The lowest BCUT2D eigenvalue weighted by molar-refractivity contribution is -0.136. The molecule has 2 aromatic rings. The maximum absolute atomic E-state index is 10.9. The number of benzene rings is 2. The number of hydrogen-bond donors (Lipinski definition) is 1. The highest BCUT2D eigenvalue weighted by Gasteiger charge is 2.16. The van der Waals surface area contributed by atoms with Crippen LogP contribution in [0.5, 0.6) is 11.5 Å². The number of carbonyl (C=O) groups is 1. The molecule has 0 spiro atoms. The first-order valence-corrected chi connectivity index (χ1v) is 6.99. The molecule has 2 aromatic carbocycles. The van der Waals surface area contributed by atoms with Crippen LogP contribution < -0.4 is 9.47 Å². The summed E-state index contributed by atoms with van der Waals surface area (Å²) in [6.45, 7) is 2.21. The van der Waals surface area contributed by atoms with E-state index in [0.29, 0.717) is 18.1 Å². The molecule has 0 aliphatic carbocycles. The van der Waals surface area contributed by atoms with E-state index in [0.717, 1.165) is 17.0 Å². The van der Waals surface area contributed by atoms with Crippen molar-refractivity contribution in [3.8, 4) is 11.5 Å². The molecular weight excluding hydrogens is 280 g/mol. The van der Waals surface area contributed by atoms with E-state index in [1.54, 1.807) is 26.2 Å². The predicted octanol–water partition coefficient (Wildman–Crippen LogP) is 3.69. The SMILES string of the molecule is COc1ccc([C](C)CC(=O)O)c(OCc2ccccc2)c1. The maximum atomic E-state index is 10.9. The molecular formula is C18H19O4. The summed E-state index contributed by atoms with van der Waals surface area (Å²) in [5, 5.41) is 8.96. The van der Waals surface area contributed by atoms with Crippen LogP contribution >= 0.6 is 0 Å². The molecule has 1 N–H and O–H groups in total. The van der Waals surface area contributed by atoms with Gasteiger partial charge in [0.1, 0.15) is 18.1 Å². The Morgan fingerprint density at radius 3 is 2.50 bits per heavy atom. The lowest BCUT2D eigenvalue weighted by Crippen LogP contribution is -2.06. The van der Waals surface area contributed by atoms with Crippen LogP contribution in [0, 0.1) is 5.92 Å². The number of methoxy groups -OCH3 is 1. The highest BCUT2D eigenvalue weighted by molar-refractivity contribution is 5.71. The molecule has 0 aromatic heterocycles. The summed E-state index contributed by atoms with van der Waals surface area (Å²) in [6, 6.07) is 15.2. The Labute approximate surface area is 130 Å². The van der Waals surface area contributed by atoms with Crippen LogP contribution in [0.2, 0.25) is 0 Å². The van der Waals surface area contributed by atoms with E-state index in [1.807, 2.05) is 36.4 Å². The summed E-state index contributed by atoms with van der Waals surface area (Å²) < 4.78 is 11.1. The number of hydrogen-bond acceptors (Lipinski definition) is 3. The van der Waals surface area contributed by atoms with Crippen molar-refractivity contribution in [1.29, 1.82) is 0 Å². The standard InChI is InChI=1S/C18H19O4/c1-13(10-18(19)20)16-9-8-15(21-2)11-17(16)22-12-14-6-4-3-5-7-14/h3-9,11H,10,12H2,1-2H3,(H,19,20). The van der Waals surface area contributed by atoms with Crippen LogP contribution in [0.1, 0.15) is 24.5 Å². The molecule has 0 fully saturated rings. The van der Waals surface area contributed by atoms with E-state index in [-0.39, 0.29) is 6.42 Å². The van der Waals surface area contributed by atoms with Gasteiger partial charge in [-0.05, 0) is 11.6 Å². The van der Waals surface area contributed by atoms with Gasteiger partial charge in [0.25, 0.3) is 0 Å². The molecule has 0 heterocycles. The third-order valence-corrected chi connectivity index (χ3v) is 3.30. The van der Waals surface area contributed by atoms with Crippen molar-refractivity contribution in [3.05, 3.63) is 65.6 Å². The quantitative estimate of drug-likeness (QED) is 0.847. The Kier molecular flexibility index (Phi) is 5.42. The molecule has 0 aliphatic rings. The van der Waals surface area contributed by atoms with Gasteiger partial charge in [0.05, 0.1) is 13.5 Å². The molecule has 0 unspecified atom stereocenters. The van der Waals surface area contributed by atoms with Crippen molar-refractivity contribution in [2.45, 2.75) is 20.0 Å². The number of carboxylic acids is 1. The molecule has 0 atom stereocenters. The van der Waals surface area contributed by atoms with Gasteiger partial charge in [-0.15, -0.1) is 0 Å². The summed E-state index contributed by atoms with van der Waals surface area (Å²) in [7, 11) is 1.59. The van der Waals surface area contributed by atoms with E-state index in [1.165, 1.54) is 0 Å². The molecule has 4 heteroatoms. The third kappa shape index (κ3) is 4.25. The maximum Gasteiger partial charge on any atom is 0.304 e. The topological polar surface area (TPSA) is 55.8 Å². The highest BCUT2D eigenvalue weighted by atomic mass is 16.5. The van der Waals surface area contributed by atoms with E-state index in [9.17, 15) is 4.79 Å². The van der Waals surface area contributed by atoms with E-state index in [2.05, 4.69) is 0 Å². The first-order valence-electron chi connectivity index (χ1n) is 6.99. The summed E-state index contributed by atoms with van der Waals surface area (Å²) in [5.41, 5.74) is 1.84. The Bertz CT molecular complexity index is 622. The van der Waals surface area contributed by atoms with Crippen molar-refractivity contribution in [1.82, 2.24) is 0 Å². The molecule has 22 heavy (non-hydrogen) atoms. The molecule has 0 aliphatic heterocycles. The second-order valence-corrected chi connectivity index (χ2v) is 4.99. The zero-order chi connectivity index (χ0) is 15.9. The summed E-state index contributed by atoms with van der Waals surface area (Å²) in [5.74, 6) is 1.19. The van der Waals surface area contributed by atoms with Crippen molar-refractivity contribution < 1.29 is 19.4 Å². The smallest absolute Gasteiger partial charge is 0.304 e. The molecule has 4 nitrogen and oxygen atoms in total. The van der Waals surface area contributed by atoms with Crippen LogP contribution in [0.3, 0.4) is 0 Å². The fourth-order valence-electron chi connectivity index (χ4n) is 2.16. The molecule has 0 saturated heterocycles. The first kappa shape index (κ1) is 15.9. The second-order valence-electron chi connectivity index (χ2n) is 4.99. The Hall–Kier alpha value is -2.49. The number of aliphatic carboxylic acids is 1. The van der Waals surface area contributed by atoms with E-state index >= 15 is 0 Å². The van der Waals surface area contributed by atoms with Crippen molar-refractivity contribution in [2.75, 3.05) is 7.11 Å². The van der Waals surface area contributed by atoms with Crippen LogP contribution in [0.4, 0.5) is 0 Å². The molecule has 115 valence electrons. The largest absolute Gasteiger partial charge is 0.497 e. The van der Waals surface area contributed by atoms with Gasteiger partial charge >= 0.3 is 5.97 Å². The van der Waals surface area contributed by atoms with Crippen molar-refractivity contribution >= 4 is 5.97 Å². The number of rotatable bonds is 7. The van der Waals surface area contributed by atoms with E-state index in [4.69, 9.17) is 14.6 Å². The Balaban J connectivity index is 2.20. The monoisotopic (exact) mass is 299 g/mol. The minimum absolute atomic E-state index is 0.0198. The lowest BCUT2D eigenvalue weighted by Gasteiger charge is -2.16. The Morgan fingerprint density at radius 2 is 1.86 bits per heavy atom. The van der Waals surface area contributed by atoms with Gasteiger partial charge in [0.15, 0.2) is 0 Å². The minimum Gasteiger partial charge on any atom is -0.497 e. The molecule has 0 amide bonds. The van der Waals surface area contributed by atoms with Gasteiger partial charge < -0.3 is 14.6 Å². The van der Waals surface area contributed by atoms with Crippen LogP contribution in [-0.4, -0.2) is 18.2 Å². The molecule has 0 saturated carbocycles. The van der Waals surface area contributed by atoms with Gasteiger partial charge in [0.2, 0.25) is 0 Å². The van der Waals surface area contributed by atoms with Gasteiger partial charge in [-0.1, -0.05) is 43.3 Å². The Morgan fingerprint density at radius 1 is 1.14 bits per heavy atom. The van der Waals surface area contributed by atoms with Gasteiger partial charge in [-0.25, -0.2) is 0 Å². The van der Waals surface area contributed by atoms with Crippen LogP contribution in [-0.2, 0) is 11.4 Å². The summed E-state index contributed by atoms with van der Waals surface area (Å²) in [4.78, 5) is 10.9. The van der Waals surface area contributed by atoms with Gasteiger partial charge in [-0.3, -0.25) is 4.79 Å². The second kappa shape index (κ2) is 7.50. The molecule has 2 rings (SSSR count). The number of ether oxygens (including phenoxy) is 2. The summed E-state index contributed by atoms with van der Waals surface area (Å²) in [6.07, 6.45) is -0.0198. The minimum atomic E-state index is -0.859. The molecule has 1 radical (unpaired) electrons. The van der Waals surface area contributed by atoms with Gasteiger partial charge in [-0.2, -0.15) is 0 Å². The zero-order valence-corrected chi connectivity index (χ0v) is 12.7. The van der Waals surface area contributed by atoms with Crippen LogP contribution in [0.15, 0.2) is 48.5 Å². The third-order valence-electron chi connectivity index (χ3n) is 3.30. The van der Waals surface area contributed by atoms with E-state index < -0.39 is 5.97 Å². The number of carboxylic acid groups (broad SMARTS) is 1. The van der Waals surface area contributed by atoms with Crippen LogP contribution in [0.25, 0.3) is 0 Å². The zero-order valence-electron chi connectivity index (χ0n) is 12.7. The fraction of sp³-hybridized carbons (Fsp3) is 0.222.